The Balaban J connectivity index is 1.95. The Hall–Kier alpha value is -3.15. The number of nitrogens with zero attached hydrogens (tertiary/aromatic N) is 1. The fraction of sp³-hybridized carbons (Fsp3) is 0.214. The largest absolute Gasteiger partial charge is 0.480 e. The summed E-state index contributed by atoms with van der Waals surface area (Å²) in [6.45, 7) is 3.32. The van der Waals surface area contributed by atoms with Crippen molar-refractivity contribution in [2.75, 3.05) is 5.32 Å². The molecule has 0 fully saturated rings. The van der Waals surface area contributed by atoms with Crippen LogP contribution in [-0.2, 0) is 14.4 Å². The second kappa shape index (κ2) is 11.9. The summed E-state index contributed by atoms with van der Waals surface area (Å²) in [4.78, 5) is 55.2. The average Bonchev–Trinajstić information content (AvgIpc) is 2.98. The second-order valence-corrected chi connectivity index (χ2v) is 11.5. The molecule has 3 amide bonds. The van der Waals surface area contributed by atoms with Crippen molar-refractivity contribution in [2.45, 2.75) is 32.0 Å². The Morgan fingerprint density at radius 2 is 1.56 bits per heavy atom. The summed E-state index contributed by atoms with van der Waals surface area (Å²) in [6.07, 6.45) is 0. The fourth-order valence-corrected chi connectivity index (χ4v) is 5.18. The molecule has 3 N–H and O–H groups in total. The van der Waals surface area contributed by atoms with Crippen LogP contribution in [-0.4, -0.2) is 39.7 Å². The van der Waals surface area contributed by atoms with Gasteiger partial charge in [-0.3, -0.25) is 14.4 Å². The van der Waals surface area contributed by atoms with Gasteiger partial charge in [-0.15, -0.1) is 0 Å². The Bertz CT molecular complexity index is 1430. The van der Waals surface area contributed by atoms with E-state index in [-0.39, 0.29) is 5.56 Å². The van der Waals surface area contributed by atoms with Gasteiger partial charge in [0.05, 0.1) is 11.3 Å². The minimum absolute atomic E-state index is 0.192. The van der Waals surface area contributed by atoms with Crippen LogP contribution in [0.3, 0.4) is 0 Å². The first-order chi connectivity index (χ1) is 18.5. The molecule has 1 aliphatic rings. The van der Waals surface area contributed by atoms with E-state index >= 15 is 0 Å². The number of aliphatic carboxylic acids is 1. The summed E-state index contributed by atoms with van der Waals surface area (Å²) in [5, 5.41) is 16.0. The molecule has 3 aromatic rings. The lowest BCUT2D eigenvalue weighted by molar-refractivity contribution is -0.144. The van der Waals surface area contributed by atoms with Crippen LogP contribution in [0.5, 0.6) is 0 Å². The van der Waals surface area contributed by atoms with E-state index in [4.69, 9.17) is 23.2 Å². The zero-order chi connectivity index (χ0) is 28.4. The first-order valence-corrected chi connectivity index (χ1v) is 13.8. The van der Waals surface area contributed by atoms with E-state index in [0.29, 0.717) is 26.9 Å². The lowest BCUT2D eigenvalue weighted by Crippen LogP contribution is -2.52. The first-order valence-electron chi connectivity index (χ1n) is 11.9. The molecule has 0 radical (unpaired) electrons. The molecule has 4 rings (SSSR count). The second-order valence-electron chi connectivity index (χ2n) is 9.37. The Morgan fingerprint density at radius 3 is 2.13 bits per heavy atom. The van der Waals surface area contributed by atoms with Crippen molar-refractivity contribution in [1.82, 2.24) is 10.2 Å². The third kappa shape index (κ3) is 6.21. The molecule has 11 heteroatoms. The number of carbonyl (C=O) groups excluding carboxylic acids is 3. The van der Waals surface area contributed by atoms with Crippen molar-refractivity contribution >= 4 is 75.2 Å². The van der Waals surface area contributed by atoms with E-state index in [0.717, 1.165) is 3.57 Å². The number of hydrogen-bond acceptors (Lipinski definition) is 4. The molecule has 202 valence electrons. The minimum atomic E-state index is -1.38. The van der Waals surface area contributed by atoms with Gasteiger partial charge in [-0.2, -0.15) is 0 Å². The zero-order valence-corrected chi connectivity index (χ0v) is 24.5. The maximum atomic E-state index is 14.3. The smallest absolute Gasteiger partial charge is 0.326 e. The molecule has 39 heavy (non-hydrogen) atoms. The topological polar surface area (TPSA) is 116 Å². The van der Waals surface area contributed by atoms with E-state index in [9.17, 15) is 24.3 Å². The van der Waals surface area contributed by atoms with Crippen molar-refractivity contribution in [2.24, 2.45) is 5.92 Å². The van der Waals surface area contributed by atoms with Gasteiger partial charge in [0, 0.05) is 13.6 Å². The summed E-state index contributed by atoms with van der Waals surface area (Å²) in [7, 11) is 0. The van der Waals surface area contributed by atoms with Crippen molar-refractivity contribution < 1.29 is 24.3 Å². The van der Waals surface area contributed by atoms with Crippen LogP contribution in [0.4, 0.5) is 5.69 Å². The highest BCUT2D eigenvalue weighted by Gasteiger charge is 2.44. The van der Waals surface area contributed by atoms with Gasteiger partial charge in [0.25, 0.3) is 11.8 Å². The zero-order valence-electron chi connectivity index (χ0n) is 20.8. The number of halogens is 3. The van der Waals surface area contributed by atoms with Crippen LogP contribution in [0, 0.1) is 9.49 Å². The third-order valence-electron chi connectivity index (χ3n) is 6.36. The molecule has 3 atom stereocenters. The lowest BCUT2D eigenvalue weighted by Gasteiger charge is -2.36. The number of rotatable bonds is 7. The Morgan fingerprint density at radius 1 is 0.974 bits per heavy atom. The van der Waals surface area contributed by atoms with Crippen molar-refractivity contribution in [3.63, 3.8) is 0 Å². The van der Waals surface area contributed by atoms with Gasteiger partial charge in [0.1, 0.15) is 18.1 Å². The minimum Gasteiger partial charge on any atom is -0.480 e. The summed E-state index contributed by atoms with van der Waals surface area (Å²) >= 11 is 14.3. The normalized spacial score (nSPS) is 16.7. The molecule has 1 heterocycles. The number of amides is 3. The van der Waals surface area contributed by atoms with Crippen LogP contribution in [0.2, 0.25) is 10.0 Å². The molecule has 8 nitrogen and oxygen atoms in total. The highest BCUT2D eigenvalue weighted by Crippen LogP contribution is 2.38. The van der Waals surface area contributed by atoms with E-state index < -0.39 is 47.7 Å². The average molecular weight is 680 g/mol. The molecule has 0 spiro atoms. The highest BCUT2D eigenvalue weighted by molar-refractivity contribution is 14.1. The van der Waals surface area contributed by atoms with Gasteiger partial charge in [0.2, 0.25) is 5.91 Å². The van der Waals surface area contributed by atoms with E-state index in [1.165, 1.54) is 4.90 Å². The summed E-state index contributed by atoms with van der Waals surface area (Å²) < 4.78 is 0.747. The number of nitrogens with one attached hydrogen (secondary N) is 2. The van der Waals surface area contributed by atoms with Crippen LogP contribution in [0.15, 0.2) is 66.7 Å². The predicted molar refractivity (Wildman–Crippen MR) is 157 cm³/mol. The van der Waals surface area contributed by atoms with Gasteiger partial charge < -0.3 is 20.6 Å². The molecule has 3 unspecified atom stereocenters. The third-order valence-corrected chi connectivity index (χ3v) is 7.53. The summed E-state index contributed by atoms with van der Waals surface area (Å²) in [6, 6.07) is 13.8. The van der Waals surface area contributed by atoms with E-state index in [1.807, 2.05) is 0 Å². The maximum absolute atomic E-state index is 14.3. The number of carbonyl (C=O) groups is 4. The van der Waals surface area contributed by atoms with E-state index in [1.54, 1.807) is 80.6 Å². The monoisotopic (exact) mass is 679 g/mol. The number of carboxylic acids is 1. The quantitative estimate of drug-likeness (QED) is 0.277. The van der Waals surface area contributed by atoms with Crippen molar-refractivity contribution in [1.29, 1.82) is 0 Å². The van der Waals surface area contributed by atoms with Gasteiger partial charge in [-0.1, -0.05) is 61.3 Å². The van der Waals surface area contributed by atoms with Gasteiger partial charge in [0.15, 0.2) is 0 Å². The standard InChI is InChI=1S/C28H24Cl2IN3O5/c1-14(2)22(28(38)39)33-26(36)24(16-5-9-18(30)10-6-16)34-23(15-3-7-17(29)8-4-15)25(35)32-21-12-11-19(31)13-20(21)27(34)37/h3-14,22-24H,1-2H3,(H,32,35)(H,33,36)(H,38,39). The number of fused-ring (bicyclic) bond motifs is 1. The molecular weight excluding hydrogens is 656 g/mol. The van der Waals surface area contributed by atoms with Crippen molar-refractivity contribution in [3.05, 3.63) is 97.0 Å². The summed E-state index contributed by atoms with van der Waals surface area (Å²) in [5.41, 5.74) is 1.25. The van der Waals surface area contributed by atoms with Crippen LogP contribution < -0.4 is 10.6 Å². The number of anilines is 1. The molecule has 0 bridgehead atoms. The number of benzene rings is 3. The summed E-state index contributed by atoms with van der Waals surface area (Å²) in [5.74, 6) is -3.56. The molecule has 1 aliphatic heterocycles. The van der Waals surface area contributed by atoms with Gasteiger partial charge >= 0.3 is 5.97 Å². The maximum Gasteiger partial charge on any atom is 0.326 e. The Kier molecular flexibility index (Phi) is 8.83. The van der Waals surface area contributed by atoms with Crippen LogP contribution >= 0.6 is 45.8 Å². The van der Waals surface area contributed by atoms with Crippen molar-refractivity contribution in [3.8, 4) is 0 Å². The molecule has 0 aromatic heterocycles. The van der Waals surface area contributed by atoms with Crippen LogP contribution in [0.1, 0.15) is 47.4 Å². The fourth-order valence-electron chi connectivity index (χ4n) is 4.44. The van der Waals surface area contributed by atoms with Gasteiger partial charge in [-0.05, 0) is 82.1 Å². The van der Waals surface area contributed by atoms with Crippen LogP contribution in [0.25, 0.3) is 0 Å². The molecule has 3 aromatic carbocycles. The van der Waals surface area contributed by atoms with Gasteiger partial charge in [-0.25, -0.2) is 4.79 Å². The lowest BCUT2D eigenvalue weighted by atomic mass is 9.96. The number of hydrogen-bond donors (Lipinski definition) is 3. The first kappa shape index (κ1) is 28.8. The predicted octanol–water partition coefficient (Wildman–Crippen LogP) is 5.70. The SMILES string of the molecule is CC(C)C(NC(=O)C(c1ccc(Cl)cc1)N1C(=O)c2cc(I)ccc2NC(=O)C1c1ccc(Cl)cc1)C(=O)O. The number of carboxylic acid groups (broad SMARTS) is 1. The highest BCUT2D eigenvalue weighted by atomic mass is 127. The molecular formula is C28H24Cl2IN3O5. The Labute approximate surface area is 248 Å². The van der Waals surface area contributed by atoms with E-state index in [2.05, 4.69) is 33.2 Å². The molecule has 0 aliphatic carbocycles. The molecule has 0 saturated carbocycles. The molecule has 0 saturated heterocycles.